The van der Waals surface area contributed by atoms with Crippen LogP contribution in [0, 0.1) is 18.7 Å². The van der Waals surface area contributed by atoms with Crippen LogP contribution >= 0.6 is 0 Å². The highest BCUT2D eigenvalue weighted by Crippen LogP contribution is 2.34. The molecule has 0 heterocycles. The van der Waals surface area contributed by atoms with E-state index in [0.717, 1.165) is 19.4 Å². The monoisotopic (exact) mass is 384 g/mol. The summed E-state index contributed by atoms with van der Waals surface area (Å²) in [5, 5.41) is 9.06. The zero-order chi connectivity index (χ0) is 18.9. The zero-order valence-electron chi connectivity index (χ0n) is 14.8. The van der Waals surface area contributed by atoms with Gasteiger partial charge in [-0.15, -0.1) is 0 Å². The quantitative estimate of drug-likeness (QED) is 0.679. The molecule has 3 rings (SSSR count). The first-order chi connectivity index (χ1) is 12.2. The molecule has 2 N–H and O–H groups in total. The van der Waals surface area contributed by atoms with Gasteiger partial charge in [-0.25, -0.2) is 17.5 Å². The van der Waals surface area contributed by atoms with Crippen LogP contribution in [0.5, 0.6) is 0 Å². The zero-order valence-corrected chi connectivity index (χ0v) is 15.6. The van der Waals surface area contributed by atoms with Crippen LogP contribution in [0.3, 0.4) is 0 Å². The maximum absolute atomic E-state index is 13.6. The van der Waals surface area contributed by atoms with Crippen molar-refractivity contribution in [1.29, 1.82) is 0 Å². The number of benzene rings is 1. The highest BCUT2D eigenvalue weighted by Gasteiger charge is 2.38. The van der Waals surface area contributed by atoms with Crippen molar-refractivity contribution in [1.82, 2.24) is 9.62 Å². The molecule has 144 valence electrons. The van der Waals surface area contributed by atoms with Crippen LogP contribution in [-0.4, -0.2) is 49.6 Å². The fourth-order valence-corrected chi connectivity index (χ4v) is 4.77. The first kappa shape index (κ1) is 19.3. The Kier molecular flexibility index (Phi) is 5.64. The van der Waals surface area contributed by atoms with Crippen LogP contribution in [0.1, 0.15) is 36.8 Å². The molecule has 0 unspecified atom stereocenters. The molecule has 0 aromatic heterocycles. The number of aryl methyl sites for hydroxylation is 1. The van der Waals surface area contributed by atoms with Gasteiger partial charge in [-0.2, -0.15) is 0 Å². The van der Waals surface area contributed by atoms with E-state index >= 15 is 0 Å². The number of carboxylic acid groups (broad SMARTS) is 1. The minimum Gasteiger partial charge on any atom is -0.480 e. The molecule has 6 nitrogen and oxygen atoms in total. The van der Waals surface area contributed by atoms with Crippen molar-refractivity contribution in [2.45, 2.75) is 50.4 Å². The largest absolute Gasteiger partial charge is 0.480 e. The third-order valence-electron chi connectivity index (χ3n) is 5.10. The second kappa shape index (κ2) is 7.62. The standard InChI is InChI=1S/C18H25FN2O4S/c1-12-2-3-14(6-17(12)19)11-26(24,25)20-15-7-16(8-15)21(10-18(22)23)9-13-4-5-13/h2-3,6,13,15-16,20H,4-5,7-11H2,1H3,(H,22,23). The Balaban J connectivity index is 1.51. The Morgan fingerprint density at radius 1 is 1.35 bits per heavy atom. The minimum absolute atomic E-state index is 0.00325. The lowest BCUT2D eigenvalue weighted by Gasteiger charge is -2.42. The number of nitrogens with zero attached hydrogens (tertiary/aromatic N) is 1. The number of hydrogen-bond acceptors (Lipinski definition) is 4. The number of nitrogens with one attached hydrogen (secondary N) is 1. The molecule has 1 aromatic carbocycles. The minimum atomic E-state index is -3.56. The van der Waals surface area contributed by atoms with Crippen molar-refractivity contribution in [2.75, 3.05) is 13.1 Å². The summed E-state index contributed by atoms with van der Waals surface area (Å²) in [4.78, 5) is 13.0. The van der Waals surface area contributed by atoms with E-state index in [2.05, 4.69) is 4.72 Å². The van der Waals surface area contributed by atoms with E-state index in [-0.39, 0.29) is 24.4 Å². The van der Waals surface area contributed by atoms with Crippen LogP contribution in [0.15, 0.2) is 18.2 Å². The highest BCUT2D eigenvalue weighted by molar-refractivity contribution is 7.88. The molecule has 0 saturated heterocycles. The van der Waals surface area contributed by atoms with Gasteiger partial charge in [-0.05, 0) is 55.7 Å². The molecule has 0 bridgehead atoms. The van der Waals surface area contributed by atoms with Crippen molar-refractivity contribution in [3.8, 4) is 0 Å². The number of carbonyl (C=O) groups is 1. The lowest BCUT2D eigenvalue weighted by Crippen LogP contribution is -2.55. The van der Waals surface area contributed by atoms with Crippen LogP contribution in [-0.2, 0) is 20.6 Å². The number of rotatable bonds is 9. The van der Waals surface area contributed by atoms with Gasteiger partial charge >= 0.3 is 5.97 Å². The topological polar surface area (TPSA) is 86.7 Å². The summed E-state index contributed by atoms with van der Waals surface area (Å²) in [6.45, 7) is 2.41. The fourth-order valence-electron chi connectivity index (χ4n) is 3.37. The van der Waals surface area contributed by atoms with Crippen LogP contribution in [0.4, 0.5) is 4.39 Å². The fraction of sp³-hybridized carbons (Fsp3) is 0.611. The lowest BCUT2D eigenvalue weighted by molar-refractivity contribution is -0.139. The van der Waals surface area contributed by atoms with Crippen LogP contribution < -0.4 is 4.72 Å². The van der Waals surface area contributed by atoms with E-state index in [0.29, 0.717) is 29.9 Å². The number of hydrogen-bond donors (Lipinski definition) is 2. The van der Waals surface area contributed by atoms with Gasteiger partial charge in [0.25, 0.3) is 0 Å². The molecule has 0 aliphatic heterocycles. The Labute approximate surface area is 153 Å². The average Bonchev–Trinajstić information content (AvgIpc) is 3.29. The Bertz CT molecular complexity index is 773. The normalized spacial score (nSPS) is 23.0. The van der Waals surface area contributed by atoms with Gasteiger partial charge in [0.05, 0.1) is 12.3 Å². The summed E-state index contributed by atoms with van der Waals surface area (Å²) in [6, 6.07) is 4.36. The SMILES string of the molecule is Cc1ccc(CS(=O)(=O)NC2CC(N(CC(=O)O)CC3CC3)C2)cc1F. The average molecular weight is 384 g/mol. The van der Waals surface area contributed by atoms with Gasteiger partial charge in [0.15, 0.2) is 0 Å². The molecule has 1 aromatic rings. The molecule has 2 saturated carbocycles. The second-order valence-electron chi connectivity index (χ2n) is 7.55. The van der Waals surface area contributed by atoms with Gasteiger partial charge in [0.2, 0.25) is 10.0 Å². The molecule has 2 aliphatic carbocycles. The molecular weight excluding hydrogens is 359 g/mol. The predicted octanol–water partition coefficient (Wildman–Crippen LogP) is 1.88. The van der Waals surface area contributed by atoms with Gasteiger partial charge < -0.3 is 5.11 Å². The summed E-state index contributed by atoms with van der Waals surface area (Å²) in [5.74, 6) is -0.935. The Morgan fingerprint density at radius 3 is 2.62 bits per heavy atom. The molecule has 0 amide bonds. The van der Waals surface area contributed by atoms with Gasteiger partial charge in [-0.3, -0.25) is 9.69 Å². The van der Waals surface area contributed by atoms with E-state index < -0.39 is 21.8 Å². The highest BCUT2D eigenvalue weighted by atomic mass is 32.2. The molecule has 2 aliphatic rings. The van der Waals surface area contributed by atoms with Crippen molar-refractivity contribution in [2.24, 2.45) is 5.92 Å². The van der Waals surface area contributed by atoms with E-state index in [1.165, 1.54) is 6.07 Å². The van der Waals surface area contributed by atoms with E-state index in [9.17, 15) is 17.6 Å². The number of carboxylic acids is 1. The van der Waals surface area contributed by atoms with Gasteiger partial charge in [0, 0.05) is 18.6 Å². The van der Waals surface area contributed by atoms with Crippen molar-refractivity contribution < 1.29 is 22.7 Å². The van der Waals surface area contributed by atoms with Gasteiger partial charge in [0.1, 0.15) is 5.82 Å². The third-order valence-corrected chi connectivity index (χ3v) is 6.50. The number of halogens is 1. The Hall–Kier alpha value is -1.51. The van der Waals surface area contributed by atoms with Crippen molar-refractivity contribution >= 4 is 16.0 Å². The number of aliphatic carboxylic acids is 1. The molecular formula is C18H25FN2O4S. The maximum Gasteiger partial charge on any atom is 0.317 e. The molecule has 0 spiro atoms. The van der Waals surface area contributed by atoms with Crippen LogP contribution in [0.25, 0.3) is 0 Å². The van der Waals surface area contributed by atoms with E-state index in [4.69, 9.17) is 5.11 Å². The summed E-state index contributed by atoms with van der Waals surface area (Å²) in [6.07, 6.45) is 3.51. The first-order valence-electron chi connectivity index (χ1n) is 8.93. The summed E-state index contributed by atoms with van der Waals surface area (Å²) < 4.78 is 40.8. The summed E-state index contributed by atoms with van der Waals surface area (Å²) >= 11 is 0. The molecule has 2 fully saturated rings. The summed E-state index contributed by atoms with van der Waals surface area (Å²) in [7, 11) is -3.56. The van der Waals surface area contributed by atoms with E-state index in [1.54, 1.807) is 19.1 Å². The van der Waals surface area contributed by atoms with E-state index in [1.807, 2.05) is 4.90 Å². The van der Waals surface area contributed by atoms with Crippen LogP contribution in [0.2, 0.25) is 0 Å². The van der Waals surface area contributed by atoms with Gasteiger partial charge in [-0.1, -0.05) is 12.1 Å². The predicted molar refractivity (Wildman–Crippen MR) is 95.6 cm³/mol. The first-order valence-corrected chi connectivity index (χ1v) is 10.6. The van der Waals surface area contributed by atoms with Crippen molar-refractivity contribution in [3.05, 3.63) is 35.1 Å². The number of sulfonamides is 1. The second-order valence-corrected chi connectivity index (χ2v) is 9.30. The maximum atomic E-state index is 13.6. The molecule has 26 heavy (non-hydrogen) atoms. The summed E-state index contributed by atoms with van der Waals surface area (Å²) in [5.41, 5.74) is 0.896. The smallest absolute Gasteiger partial charge is 0.317 e. The lowest BCUT2D eigenvalue weighted by atomic mass is 9.86. The third kappa shape index (κ3) is 5.25. The molecule has 8 heteroatoms. The Morgan fingerprint density at radius 2 is 2.04 bits per heavy atom. The molecule has 0 radical (unpaired) electrons. The van der Waals surface area contributed by atoms with Crippen molar-refractivity contribution in [3.63, 3.8) is 0 Å². The molecule has 0 atom stereocenters.